The van der Waals surface area contributed by atoms with Gasteiger partial charge in [0.1, 0.15) is 0 Å². The molecule has 0 fully saturated rings. The number of hydrogen-bond acceptors (Lipinski definition) is 2. The Kier molecular flexibility index (Phi) is 3.86. The first-order chi connectivity index (χ1) is 7.16. The summed E-state index contributed by atoms with van der Waals surface area (Å²) in [5, 5.41) is 2.82. The lowest BCUT2D eigenvalue weighted by Gasteiger charge is -2.06. The number of rotatable bonds is 1. The molecular weight excluding hydrogens is 188 g/mol. The van der Waals surface area contributed by atoms with Crippen LogP contribution in [0.5, 0.6) is 0 Å². The van der Waals surface area contributed by atoms with E-state index < -0.39 is 0 Å². The number of amides is 1. The van der Waals surface area contributed by atoms with Crippen LogP contribution in [0.4, 0.5) is 5.69 Å². The van der Waals surface area contributed by atoms with E-state index in [1.807, 2.05) is 6.07 Å². The Labute approximate surface area is 90.7 Å². The second-order valence-corrected chi connectivity index (χ2v) is 3.80. The van der Waals surface area contributed by atoms with Gasteiger partial charge in [0.2, 0.25) is 5.91 Å². The largest absolute Gasteiger partial charge is 0.333 e. The number of fused-ring (bicyclic) bond motifs is 1. The quantitative estimate of drug-likeness (QED) is 0.737. The Bertz CT molecular complexity index is 359. The molecule has 0 aliphatic carbocycles. The van der Waals surface area contributed by atoms with Crippen LogP contribution in [-0.4, -0.2) is 13.0 Å². The molecule has 0 saturated heterocycles. The van der Waals surface area contributed by atoms with Gasteiger partial charge in [-0.15, -0.1) is 0 Å². The molecule has 0 saturated carbocycles. The first-order valence-corrected chi connectivity index (χ1v) is 5.17. The maximum Gasteiger partial charge on any atom is 0.228 e. The first-order valence-electron chi connectivity index (χ1n) is 5.17. The van der Waals surface area contributed by atoms with Crippen LogP contribution in [0.15, 0.2) is 18.2 Å². The fraction of sp³-hybridized carbons (Fsp3) is 0.417. The van der Waals surface area contributed by atoms with Crippen molar-refractivity contribution in [2.24, 2.45) is 5.73 Å². The van der Waals surface area contributed by atoms with E-state index in [9.17, 15) is 4.79 Å². The normalized spacial score (nSPS) is 13.0. The lowest BCUT2D eigenvalue weighted by atomic mass is 10.00. The number of nitrogens with two attached hydrogens (primary N) is 1. The summed E-state index contributed by atoms with van der Waals surface area (Å²) in [6.07, 6.45) is 0.538. The van der Waals surface area contributed by atoms with Gasteiger partial charge in [0.05, 0.1) is 6.42 Å². The fourth-order valence-electron chi connectivity index (χ4n) is 1.61. The smallest absolute Gasteiger partial charge is 0.228 e. The molecule has 1 aromatic rings. The summed E-state index contributed by atoms with van der Waals surface area (Å²) in [7, 11) is 1.50. The molecule has 0 unspecified atom stereocenters. The highest BCUT2D eigenvalue weighted by molar-refractivity contribution is 5.99. The summed E-state index contributed by atoms with van der Waals surface area (Å²) in [6.45, 7) is 4.32. The second kappa shape index (κ2) is 4.94. The van der Waals surface area contributed by atoms with Crippen LogP contribution in [0, 0.1) is 0 Å². The predicted octanol–water partition coefficient (Wildman–Crippen LogP) is 1.88. The van der Waals surface area contributed by atoms with Gasteiger partial charge in [0, 0.05) is 5.69 Å². The molecule has 1 aliphatic rings. The first kappa shape index (κ1) is 11.7. The average Bonchev–Trinajstić information content (AvgIpc) is 2.59. The maximum atomic E-state index is 11.1. The van der Waals surface area contributed by atoms with Gasteiger partial charge in [-0.25, -0.2) is 0 Å². The molecule has 1 heterocycles. The number of hydrogen-bond donors (Lipinski definition) is 2. The van der Waals surface area contributed by atoms with E-state index in [-0.39, 0.29) is 5.91 Å². The SMILES string of the molecule is CC(C)c1ccc2c(c1)CC(=O)N2.CN. The molecule has 15 heavy (non-hydrogen) atoms. The van der Waals surface area contributed by atoms with E-state index in [0.717, 1.165) is 11.3 Å². The van der Waals surface area contributed by atoms with Crippen LogP contribution in [-0.2, 0) is 11.2 Å². The van der Waals surface area contributed by atoms with Crippen LogP contribution in [0.1, 0.15) is 30.9 Å². The molecule has 1 aliphatic heterocycles. The van der Waals surface area contributed by atoms with E-state index in [0.29, 0.717) is 12.3 Å². The van der Waals surface area contributed by atoms with E-state index >= 15 is 0 Å². The molecule has 1 amide bonds. The molecule has 82 valence electrons. The zero-order chi connectivity index (χ0) is 11.4. The van der Waals surface area contributed by atoms with Crippen molar-refractivity contribution in [3.8, 4) is 0 Å². The Balaban J connectivity index is 0.000000531. The topological polar surface area (TPSA) is 55.1 Å². The van der Waals surface area contributed by atoms with E-state index in [1.165, 1.54) is 12.6 Å². The molecule has 3 nitrogen and oxygen atoms in total. The van der Waals surface area contributed by atoms with Crippen LogP contribution in [0.2, 0.25) is 0 Å². The van der Waals surface area contributed by atoms with Crippen molar-refractivity contribution in [1.29, 1.82) is 0 Å². The molecule has 0 atom stereocenters. The lowest BCUT2D eigenvalue weighted by molar-refractivity contribution is -0.115. The van der Waals surface area contributed by atoms with Gasteiger partial charge in [0.25, 0.3) is 0 Å². The van der Waals surface area contributed by atoms with Gasteiger partial charge in [-0.05, 0) is 30.2 Å². The monoisotopic (exact) mass is 206 g/mol. The molecule has 0 spiro atoms. The summed E-state index contributed by atoms with van der Waals surface area (Å²) in [5.41, 5.74) is 7.92. The van der Waals surface area contributed by atoms with Crippen LogP contribution >= 0.6 is 0 Å². The number of anilines is 1. The van der Waals surface area contributed by atoms with Crippen LogP contribution < -0.4 is 11.1 Å². The fourth-order valence-corrected chi connectivity index (χ4v) is 1.61. The maximum absolute atomic E-state index is 11.1. The van der Waals surface area contributed by atoms with Crippen LogP contribution in [0.3, 0.4) is 0 Å². The minimum absolute atomic E-state index is 0.107. The molecule has 3 heteroatoms. The highest BCUT2D eigenvalue weighted by Gasteiger charge is 2.17. The number of carbonyl (C=O) groups is 1. The lowest BCUT2D eigenvalue weighted by Crippen LogP contribution is -2.03. The molecule has 1 aromatic carbocycles. The van der Waals surface area contributed by atoms with Crippen molar-refractivity contribution in [3.05, 3.63) is 29.3 Å². The third-order valence-electron chi connectivity index (χ3n) is 2.42. The molecule has 0 bridgehead atoms. The minimum Gasteiger partial charge on any atom is -0.333 e. The zero-order valence-corrected chi connectivity index (χ0v) is 9.50. The van der Waals surface area contributed by atoms with Crippen molar-refractivity contribution in [1.82, 2.24) is 0 Å². The summed E-state index contributed by atoms with van der Waals surface area (Å²) >= 11 is 0. The third-order valence-corrected chi connectivity index (χ3v) is 2.42. The van der Waals surface area contributed by atoms with Crippen molar-refractivity contribution >= 4 is 11.6 Å². The second-order valence-electron chi connectivity index (χ2n) is 3.80. The molecule has 3 N–H and O–H groups in total. The highest BCUT2D eigenvalue weighted by atomic mass is 16.1. The van der Waals surface area contributed by atoms with Crippen molar-refractivity contribution in [2.75, 3.05) is 12.4 Å². The zero-order valence-electron chi connectivity index (χ0n) is 9.50. The Morgan fingerprint density at radius 2 is 2.00 bits per heavy atom. The summed E-state index contributed by atoms with van der Waals surface area (Å²) in [5.74, 6) is 0.636. The van der Waals surface area contributed by atoms with Gasteiger partial charge < -0.3 is 11.1 Å². The summed E-state index contributed by atoms with van der Waals surface area (Å²) in [4.78, 5) is 11.1. The Hall–Kier alpha value is -1.35. The summed E-state index contributed by atoms with van der Waals surface area (Å²) in [6, 6.07) is 6.20. The van der Waals surface area contributed by atoms with Gasteiger partial charge in [0.15, 0.2) is 0 Å². The van der Waals surface area contributed by atoms with Gasteiger partial charge in [-0.2, -0.15) is 0 Å². The Morgan fingerprint density at radius 1 is 1.33 bits per heavy atom. The van der Waals surface area contributed by atoms with Crippen LogP contribution in [0.25, 0.3) is 0 Å². The molecule has 2 rings (SSSR count). The van der Waals surface area contributed by atoms with E-state index in [2.05, 4.69) is 37.0 Å². The van der Waals surface area contributed by atoms with Crippen molar-refractivity contribution in [3.63, 3.8) is 0 Å². The number of nitrogens with one attached hydrogen (secondary N) is 1. The standard InChI is InChI=1S/C11H13NO.CH5N/c1-7(2)8-3-4-10-9(5-8)6-11(13)12-10;1-2/h3-5,7H,6H2,1-2H3,(H,12,13);2H2,1H3. The number of benzene rings is 1. The molecule has 0 aromatic heterocycles. The Morgan fingerprint density at radius 3 is 2.60 bits per heavy atom. The minimum atomic E-state index is 0.107. The third kappa shape index (κ3) is 2.57. The van der Waals surface area contributed by atoms with Gasteiger partial charge in [-0.1, -0.05) is 26.0 Å². The van der Waals surface area contributed by atoms with Gasteiger partial charge in [-0.3, -0.25) is 4.79 Å². The number of carbonyl (C=O) groups excluding carboxylic acids is 1. The van der Waals surface area contributed by atoms with E-state index in [4.69, 9.17) is 0 Å². The summed E-state index contributed by atoms with van der Waals surface area (Å²) < 4.78 is 0. The van der Waals surface area contributed by atoms with Crippen molar-refractivity contribution < 1.29 is 4.79 Å². The predicted molar refractivity (Wildman–Crippen MR) is 63.0 cm³/mol. The molecular formula is C12H18N2O. The van der Waals surface area contributed by atoms with Crippen molar-refractivity contribution in [2.45, 2.75) is 26.2 Å². The molecule has 0 radical (unpaired) electrons. The van der Waals surface area contributed by atoms with Gasteiger partial charge >= 0.3 is 0 Å². The average molecular weight is 206 g/mol. The van der Waals surface area contributed by atoms with E-state index in [1.54, 1.807) is 0 Å². The highest BCUT2D eigenvalue weighted by Crippen LogP contribution is 2.26.